The van der Waals surface area contributed by atoms with Crippen LogP contribution in [0.5, 0.6) is 5.88 Å². The van der Waals surface area contributed by atoms with E-state index in [0.717, 1.165) is 0 Å². The van der Waals surface area contributed by atoms with Crippen LogP contribution in [-0.2, 0) is 4.79 Å². The lowest BCUT2D eigenvalue weighted by Crippen LogP contribution is -2.32. The van der Waals surface area contributed by atoms with Gasteiger partial charge in [0.1, 0.15) is 5.69 Å². The fraction of sp³-hybridized carbons (Fsp3) is 0.500. The second-order valence-corrected chi connectivity index (χ2v) is 5.46. The SMILES string of the molecule is C[C@@H]1CN(C(=O)c2cccc(OCC(F)(F)F)n2)C[C@H]1C(N)=O. The Morgan fingerprint density at radius 3 is 2.65 bits per heavy atom. The normalized spacial score (nSPS) is 21.3. The van der Waals surface area contributed by atoms with Crippen molar-refractivity contribution in [2.24, 2.45) is 17.6 Å². The van der Waals surface area contributed by atoms with E-state index in [-0.39, 0.29) is 24.0 Å². The molecule has 2 N–H and O–H groups in total. The predicted molar refractivity (Wildman–Crippen MR) is 73.5 cm³/mol. The van der Waals surface area contributed by atoms with Gasteiger partial charge in [-0.15, -0.1) is 0 Å². The molecule has 1 aromatic rings. The number of carbonyl (C=O) groups is 2. The maximum atomic E-state index is 12.3. The quantitative estimate of drug-likeness (QED) is 0.899. The van der Waals surface area contributed by atoms with Gasteiger partial charge >= 0.3 is 6.18 Å². The zero-order valence-electron chi connectivity index (χ0n) is 12.3. The molecule has 9 heteroatoms. The van der Waals surface area contributed by atoms with Crippen LogP contribution in [0.4, 0.5) is 13.2 Å². The highest BCUT2D eigenvalue weighted by Crippen LogP contribution is 2.24. The van der Waals surface area contributed by atoms with Crippen LogP contribution in [0.15, 0.2) is 18.2 Å². The van der Waals surface area contributed by atoms with Crippen LogP contribution in [0.2, 0.25) is 0 Å². The van der Waals surface area contributed by atoms with Gasteiger partial charge < -0.3 is 15.4 Å². The van der Waals surface area contributed by atoms with Crippen LogP contribution in [0.3, 0.4) is 0 Å². The van der Waals surface area contributed by atoms with Gasteiger partial charge in [0.15, 0.2) is 6.61 Å². The fourth-order valence-corrected chi connectivity index (χ4v) is 2.44. The van der Waals surface area contributed by atoms with Crippen LogP contribution in [0.1, 0.15) is 17.4 Å². The Labute approximate surface area is 130 Å². The van der Waals surface area contributed by atoms with Gasteiger partial charge in [-0.25, -0.2) is 4.98 Å². The molecule has 0 spiro atoms. The molecule has 1 aliphatic rings. The molecule has 1 saturated heterocycles. The first-order valence-electron chi connectivity index (χ1n) is 6.92. The second kappa shape index (κ2) is 6.43. The first kappa shape index (κ1) is 17.0. The number of likely N-dealkylation sites (tertiary alicyclic amines) is 1. The van der Waals surface area contributed by atoms with E-state index < -0.39 is 30.5 Å². The minimum Gasteiger partial charge on any atom is -0.468 e. The van der Waals surface area contributed by atoms with E-state index in [1.165, 1.54) is 23.1 Å². The van der Waals surface area contributed by atoms with Crippen LogP contribution >= 0.6 is 0 Å². The van der Waals surface area contributed by atoms with Crippen LogP contribution in [-0.4, -0.2) is 47.6 Å². The van der Waals surface area contributed by atoms with Gasteiger partial charge in [-0.1, -0.05) is 13.0 Å². The summed E-state index contributed by atoms with van der Waals surface area (Å²) in [5, 5.41) is 0. The molecule has 1 fully saturated rings. The molecule has 0 unspecified atom stereocenters. The number of nitrogens with zero attached hydrogens (tertiary/aromatic N) is 2. The molecule has 0 radical (unpaired) electrons. The van der Waals surface area contributed by atoms with Crippen molar-refractivity contribution in [1.29, 1.82) is 0 Å². The van der Waals surface area contributed by atoms with E-state index in [4.69, 9.17) is 5.73 Å². The number of alkyl halides is 3. The number of primary amides is 1. The topological polar surface area (TPSA) is 85.5 Å². The molecule has 0 aliphatic carbocycles. The van der Waals surface area contributed by atoms with E-state index in [1.54, 1.807) is 6.92 Å². The fourth-order valence-electron chi connectivity index (χ4n) is 2.44. The number of hydrogen-bond donors (Lipinski definition) is 1. The average Bonchev–Trinajstić information content (AvgIpc) is 2.86. The lowest BCUT2D eigenvalue weighted by molar-refractivity contribution is -0.154. The summed E-state index contributed by atoms with van der Waals surface area (Å²) in [4.78, 5) is 28.8. The van der Waals surface area contributed by atoms with Gasteiger partial charge in [0.05, 0.1) is 5.92 Å². The van der Waals surface area contributed by atoms with Crippen molar-refractivity contribution in [1.82, 2.24) is 9.88 Å². The summed E-state index contributed by atoms with van der Waals surface area (Å²) in [5.74, 6) is -1.77. The summed E-state index contributed by atoms with van der Waals surface area (Å²) < 4.78 is 40.9. The molecule has 6 nitrogen and oxygen atoms in total. The molecule has 0 bridgehead atoms. The number of halogens is 3. The van der Waals surface area contributed by atoms with Crippen molar-refractivity contribution in [3.8, 4) is 5.88 Å². The van der Waals surface area contributed by atoms with Crippen molar-refractivity contribution in [3.63, 3.8) is 0 Å². The van der Waals surface area contributed by atoms with Gasteiger partial charge in [-0.05, 0) is 12.0 Å². The van der Waals surface area contributed by atoms with Crippen molar-refractivity contribution < 1.29 is 27.5 Å². The number of ether oxygens (including phenoxy) is 1. The lowest BCUT2D eigenvalue weighted by Gasteiger charge is -2.16. The summed E-state index contributed by atoms with van der Waals surface area (Å²) in [6, 6.07) is 4.00. The van der Waals surface area contributed by atoms with Gasteiger partial charge in [0.25, 0.3) is 5.91 Å². The Morgan fingerprint density at radius 1 is 1.39 bits per heavy atom. The summed E-state index contributed by atoms with van der Waals surface area (Å²) >= 11 is 0. The summed E-state index contributed by atoms with van der Waals surface area (Å²) in [6.45, 7) is 0.827. The summed E-state index contributed by atoms with van der Waals surface area (Å²) in [6.07, 6.45) is -4.49. The second-order valence-electron chi connectivity index (χ2n) is 5.46. The third-order valence-electron chi connectivity index (χ3n) is 3.59. The maximum absolute atomic E-state index is 12.3. The molecular formula is C14H16F3N3O3. The summed E-state index contributed by atoms with van der Waals surface area (Å²) in [5.41, 5.74) is 5.23. The number of carbonyl (C=O) groups excluding carboxylic acids is 2. The minimum absolute atomic E-state index is 0.0398. The highest BCUT2D eigenvalue weighted by Gasteiger charge is 2.36. The number of aromatic nitrogens is 1. The third-order valence-corrected chi connectivity index (χ3v) is 3.59. The van der Waals surface area contributed by atoms with E-state index in [1.807, 2.05) is 0 Å². The van der Waals surface area contributed by atoms with Crippen molar-refractivity contribution in [2.75, 3.05) is 19.7 Å². The van der Waals surface area contributed by atoms with E-state index in [0.29, 0.717) is 6.54 Å². The molecule has 2 atom stereocenters. The number of nitrogens with two attached hydrogens (primary N) is 1. The molecule has 0 saturated carbocycles. The standard InChI is InChI=1S/C14H16F3N3O3/c1-8-5-20(6-9(8)12(18)21)13(22)10-3-2-4-11(19-10)23-7-14(15,16)17/h2-4,8-9H,5-7H2,1H3,(H2,18,21)/t8-,9-/m1/s1. The molecule has 1 aliphatic heterocycles. The van der Waals surface area contributed by atoms with Gasteiger partial charge in [0.2, 0.25) is 11.8 Å². The van der Waals surface area contributed by atoms with Crippen LogP contribution < -0.4 is 10.5 Å². The zero-order chi connectivity index (χ0) is 17.2. The summed E-state index contributed by atoms with van der Waals surface area (Å²) in [7, 11) is 0. The van der Waals surface area contributed by atoms with Crippen molar-refractivity contribution >= 4 is 11.8 Å². The van der Waals surface area contributed by atoms with Gasteiger partial charge in [0, 0.05) is 19.2 Å². The minimum atomic E-state index is -4.49. The monoisotopic (exact) mass is 331 g/mol. The molecule has 0 aromatic carbocycles. The number of pyridine rings is 1. The molecular weight excluding hydrogens is 315 g/mol. The highest BCUT2D eigenvalue weighted by atomic mass is 19.4. The van der Waals surface area contributed by atoms with E-state index in [9.17, 15) is 22.8 Å². The smallest absolute Gasteiger partial charge is 0.422 e. The molecule has 2 amide bonds. The first-order valence-corrected chi connectivity index (χ1v) is 6.92. The maximum Gasteiger partial charge on any atom is 0.422 e. The van der Waals surface area contributed by atoms with Gasteiger partial charge in [-0.2, -0.15) is 13.2 Å². The largest absolute Gasteiger partial charge is 0.468 e. The lowest BCUT2D eigenvalue weighted by atomic mass is 9.98. The molecule has 2 rings (SSSR count). The van der Waals surface area contributed by atoms with Crippen LogP contribution in [0.25, 0.3) is 0 Å². The van der Waals surface area contributed by atoms with Crippen molar-refractivity contribution in [3.05, 3.63) is 23.9 Å². The van der Waals surface area contributed by atoms with Gasteiger partial charge in [-0.3, -0.25) is 9.59 Å². The molecule has 2 heterocycles. The average molecular weight is 331 g/mol. The third kappa shape index (κ3) is 4.33. The Hall–Kier alpha value is -2.32. The zero-order valence-corrected chi connectivity index (χ0v) is 12.3. The Kier molecular flexibility index (Phi) is 4.76. The number of amides is 2. The molecule has 1 aromatic heterocycles. The molecule has 23 heavy (non-hydrogen) atoms. The van der Waals surface area contributed by atoms with Crippen LogP contribution in [0, 0.1) is 11.8 Å². The first-order chi connectivity index (χ1) is 10.7. The van der Waals surface area contributed by atoms with E-state index in [2.05, 4.69) is 9.72 Å². The predicted octanol–water partition coefficient (Wildman–Crippen LogP) is 1.22. The number of rotatable bonds is 4. The van der Waals surface area contributed by atoms with Crippen molar-refractivity contribution in [2.45, 2.75) is 13.1 Å². The Bertz CT molecular complexity index is 606. The molecule has 126 valence electrons. The highest BCUT2D eigenvalue weighted by molar-refractivity contribution is 5.93. The Morgan fingerprint density at radius 2 is 2.09 bits per heavy atom. The number of hydrogen-bond acceptors (Lipinski definition) is 4. The Balaban J connectivity index is 2.07. The van der Waals surface area contributed by atoms with E-state index >= 15 is 0 Å².